The highest BCUT2D eigenvalue weighted by Crippen LogP contribution is 2.19. The van der Waals surface area contributed by atoms with Crippen LogP contribution >= 0.6 is 11.3 Å². The molecule has 0 aliphatic carbocycles. The third-order valence-electron chi connectivity index (χ3n) is 2.46. The molecule has 1 unspecified atom stereocenters. The first-order chi connectivity index (χ1) is 7.99. The van der Waals surface area contributed by atoms with Gasteiger partial charge in [0.15, 0.2) is 0 Å². The highest BCUT2D eigenvalue weighted by atomic mass is 32.2. The summed E-state index contributed by atoms with van der Waals surface area (Å²) in [6.07, 6.45) is 0.785. The monoisotopic (exact) mass is 276 g/mol. The molecule has 0 bridgehead atoms. The Labute approximate surface area is 107 Å². The first-order valence-electron chi connectivity index (χ1n) is 5.80. The fraction of sp³-hybridized carbons (Fsp3) is 0.636. The van der Waals surface area contributed by atoms with Gasteiger partial charge in [0, 0.05) is 22.8 Å². The molecule has 0 aliphatic rings. The van der Waals surface area contributed by atoms with E-state index in [1.54, 1.807) is 11.4 Å². The van der Waals surface area contributed by atoms with Gasteiger partial charge in [0.05, 0.1) is 4.90 Å². The maximum Gasteiger partial charge on any atom is 0.241 e. The first-order valence-corrected chi connectivity index (χ1v) is 8.16. The third kappa shape index (κ3) is 4.39. The minimum absolute atomic E-state index is 0.0304. The van der Waals surface area contributed by atoms with E-state index < -0.39 is 10.0 Å². The third-order valence-corrected chi connectivity index (χ3v) is 5.11. The highest BCUT2D eigenvalue weighted by Gasteiger charge is 2.17. The van der Waals surface area contributed by atoms with E-state index in [1.807, 2.05) is 20.8 Å². The highest BCUT2D eigenvalue weighted by molar-refractivity contribution is 7.89. The van der Waals surface area contributed by atoms with E-state index in [4.69, 9.17) is 0 Å². The second-order valence-corrected chi connectivity index (χ2v) is 6.67. The number of thiophene rings is 1. The smallest absolute Gasteiger partial charge is 0.241 e. The Morgan fingerprint density at radius 2 is 2.12 bits per heavy atom. The minimum Gasteiger partial charge on any atom is -0.312 e. The Morgan fingerprint density at radius 3 is 2.71 bits per heavy atom. The summed E-state index contributed by atoms with van der Waals surface area (Å²) in [4.78, 5) is 1.41. The van der Waals surface area contributed by atoms with Crippen LogP contribution in [0.2, 0.25) is 0 Å². The summed E-state index contributed by atoms with van der Waals surface area (Å²) in [6, 6.07) is 1.70. The molecule has 2 N–H and O–H groups in total. The average molecular weight is 276 g/mol. The van der Waals surface area contributed by atoms with E-state index in [9.17, 15) is 8.42 Å². The van der Waals surface area contributed by atoms with Gasteiger partial charge in [0.25, 0.3) is 0 Å². The zero-order valence-electron chi connectivity index (χ0n) is 10.5. The van der Waals surface area contributed by atoms with Crippen LogP contribution in [0.1, 0.15) is 32.1 Å². The maximum atomic E-state index is 12.0. The van der Waals surface area contributed by atoms with Crippen LogP contribution in [0.5, 0.6) is 0 Å². The molecule has 0 radical (unpaired) electrons. The molecule has 0 saturated heterocycles. The lowest BCUT2D eigenvalue weighted by Crippen LogP contribution is -2.31. The summed E-state index contributed by atoms with van der Waals surface area (Å²) in [5.41, 5.74) is 0. The van der Waals surface area contributed by atoms with Crippen LogP contribution in [0.25, 0.3) is 0 Å². The normalized spacial score (nSPS) is 13.8. The largest absolute Gasteiger partial charge is 0.312 e. The summed E-state index contributed by atoms with van der Waals surface area (Å²) < 4.78 is 26.6. The maximum absolute atomic E-state index is 12.0. The Balaban J connectivity index is 2.74. The van der Waals surface area contributed by atoms with E-state index in [1.165, 1.54) is 11.3 Å². The molecule has 1 rings (SSSR count). The summed E-state index contributed by atoms with van der Waals surface area (Å²) in [7, 11) is -3.34. The molecule has 6 heteroatoms. The SMILES string of the molecule is CCNCc1cc(S(=O)(=O)NC(C)CC)cs1. The molecule has 4 nitrogen and oxygen atoms in total. The molecule has 1 heterocycles. The molecule has 17 heavy (non-hydrogen) atoms. The van der Waals surface area contributed by atoms with Crippen molar-refractivity contribution in [1.29, 1.82) is 0 Å². The van der Waals surface area contributed by atoms with Crippen LogP contribution in [-0.2, 0) is 16.6 Å². The van der Waals surface area contributed by atoms with Gasteiger partial charge >= 0.3 is 0 Å². The van der Waals surface area contributed by atoms with Gasteiger partial charge in [-0.1, -0.05) is 13.8 Å². The molecule has 0 spiro atoms. The van der Waals surface area contributed by atoms with E-state index in [0.29, 0.717) is 4.90 Å². The molecule has 0 aromatic carbocycles. The standard InChI is InChI=1S/C11H20N2O2S2/c1-4-9(3)13-17(14,15)11-6-10(16-8-11)7-12-5-2/h6,8-9,12-13H,4-5,7H2,1-3H3. The lowest BCUT2D eigenvalue weighted by Gasteiger charge is -2.10. The van der Waals surface area contributed by atoms with Crippen LogP contribution in [0, 0.1) is 0 Å². The predicted octanol–water partition coefficient (Wildman–Crippen LogP) is 1.93. The summed E-state index contributed by atoms with van der Waals surface area (Å²) >= 11 is 1.47. The van der Waals surface area contributed by atoms with E-state index in [2.05, 4.69) is 10.0 Å². The topological polar surface area (TPSA) is 58.2 Å². The summed E-state index contributed by atoms with van der Waals surface area (Å²) in [6.45, 7) is 7.45. The van der Waals surface area contributed by atoms with Gasteiger partial charge in [-0.05, 0) is 26.0 Å². The predicted molar refractivity (Wildman–Crippen MR) is 71.8 cm³/mol. The average Bonchev–Trinajstić information content (AvgIpc) is 2.75. The van der Waals surface area contributed by atoms with Crippen molar-refractivity contribution >= 4 is 21.4 Å². The Bertz CT molecular complexity index is 440. The zero-order valence-corrected chi connectivity index (χ0v) is 12.1. The van der Waals surface area contributed by atoms with E-state index in [0.717, 1.165) is 24.4 Å². The zero-order chi connectivity index (χ0) is 12.9. The molecule has 0 fully saturated rings. The van der Waals surface area contributed by atoms with Crippen molar-refractivity contribution in [3.8, 4) is 0 Å². The number of nitrogens with one attached hydrogen (secondary N) is 2. The number of hydrogen-bond donors (Lipinski definition) is 2. The molecule has 0 saturated carbocycles. The lowest BCUT2D eigenvalue weighted by atomic mass is 10.3. The van der Waals surface area contributed by atoms with Gasteiger partial charge in [-0.3, -0.25) is 0 Å². The quantitative estimate of drug-likeness (QED) is 0.800. The van der Waals surface area contributed by atoms with Crippen LogP contribution in [-0.4, -0.2) is 21.0 Å². The summed E-state index contributed by atoms with van der Waals surface area (Å²) in [5, 5.41) is 4.87. The van der Waals surface area contributed by atoms with Crippen molar-refractivity contribution in [2.75, 3.05) is 6.54 Å². The van der Waals surface area contributed by atoms with Crippen LogP contribution in [0.4, 0.5) is 0 Å². The Morgan fingerprint density at radius 1 is 1.41 bits per heavy atom. The fourth-order valence-corrected chi connectivity index (χ4v) is 3.83. The molecular formula is C11H20N2O2S2. The lowest BCUT2D eigenvalue weighted by molar-refractivity contribution is 0.556. The Hall–Kier alpha value is -0.430. The van der Waals surface area contributed by atoms with Crippen LogP contribution in [0.3, 0.4) is 0 Å². The number of sulfonamides is 1. The van der Waals surface area contributed by atoms with Gasteiger partial charge < -0.3 is 5.32 Å². The molecule has 0 amide bonds. The van der Waals surface area contributed by atoms with Crippen molar-refractivity contribution in [3.05, 3.63) is 16.3 Å². The van der Waals surface area contributed by atoms with Crippen molar-refractivity contribution in [1.82, 2.24) is 10.0 Å². The minimum atomic E-state index is -3.34. The molecule has 1 atom stereocenters. The van der Waals surface area contributed by atoms with E-state index in [-0.39, 0.29) is 6.04 Å². The van der Waals surface area contributed by atoms with Crippen LogP contribution in [0.15, 0.2) is 16.3 Å². The van der Waals surface area contributed by atoms with Crippen LogP contribution < -0.4 is 10.0 Å². The summed E-state index contributed by atoms with van der Waals surface area (Å²) in [5.74, 6) is 0. The number of hydrogen-bond acceptors (Lipinski definition) is 4. The van der Waals surface area contributed by atoms with Crippen molar-refractivity contribution in [2.24, 2.45) is 0 Å². The molecule has 1 aromatic rings. The molecule has 98 valence electrons. The molecule has 1 aromatic heterocycles. The van der Waals surface area contributed by atoms with Crippen molar-refractivity contribution in [3.63, 3.8) is 0 Å². The molecular weight excluding hydrogens is 256 g/mol. The van der Waals surface area contributed by atoms with Gasteiger partial charge in [-0.25, -0.2) is 13.1 Å². The molecule has 0 aliphatic heterocycles. The first kappa shape index (κ1) is 14.6. The van der Waals surface area contributed by atoms with Gasteiger partial charge in [0.1, 0.15) is 0 Å². The van der Waals surface area contributed by atoms with Gasteiger partial charge in [-0.15, -0.1) is 11.3 Å². The second-order valence-electron chi connectivity index (χ2n) is 3.96. The number of rotatable bonds is 7. The Kier molecular flexibility index (Phi) is 5.58. The second kappa shape index (κ2) is 6.49. The van der Waals surface area contributed by atoms with Gasteiger partial charge in [0.2, 0.25) is 10.0 Å². The van der Waals surface area contributed by atoms with Crippen molar-refractivity contribution < 1.29 is 8.42 Å². The van der Waals surface area contributed by atoms with E-state index >= 15 is 0 Å². The van der Waals surface area contributed by atoms with Crippen molar-refractivity contribution in [2.45, 2.75) is 44.7 Å². The fourth-order valence-electron chi connectivity index (χ4n) is 1.26. The van der Waals surface area contributed by atoms with Gasteiger partial charge in [-0.2, -0.15) is 0 Å².